The number of fused-ring (bicyclic) bond motifs is 2. The van der Waals surface area contributed by atoms with Crippen LogP contribution < -0.4 is 4.74 Å². The van der Waals surface area contributed by atoms with Crippen molar-refractivity contribution in [3.05, 3.63) is 83.1 Å². The number of phenols is 2. The van der Waals surface area contributed by atoms with Gasteiger partial charge < -0.3 is 19.5 Å². The van der Waals surface area contributed by atoms with Crippen molar-refractivity contribution in [2.45, 2.75) is 6.92 Å². The Labute approximate surface area is 173 Å². The average Bonchev–Trinajstić information content (AvgIpc) is 3.18. The zero-order valence-electron chi connectivity index (χ0n) is 16.5. The predicted octanol–water partition coefficient (Wildman–Crippen LogP) is 5.18. The molecule has 0 fully saturated rings. The summed E-state index contributed by atoms with van der Waals surface area (Å²) in [6, 6.07) is 18.5. The highest BCUT2D eigenvalue weighted by molar-refractivity contribution is 6.17. The van der Waals surface area contributed by atoms with Crippen LogP contribution in [-0.2, 0) is 7.05 Å². The number of ketones is 1. The van der Waals surface area contributed by atoms with E-state index in [0.29, 0.717) is 0 Å². The average molecular weight is 397 g/mol. The van der Waals surface area contributed by atoms with E-state index in [1.165, 1.54) is 6.07 Å². The summed E-state index contributed by atoms with van der Waals surface area (Å²) in [5.41, 5.74) is 5.05. The Hall–Kier alpha value is -3.99. The van der Waals surface area contributed by atoms with Gasteiger partial charge in [0.15, 0.2) is 5.76 Å². The highest BCUT2D eigenvalue weighted by Crippen LogP contribution is 2.42. The minimum atomic E-state index is -0.410. The van der Waals surface area contributed by atoms with Crippen molar-refractivity contribution in [1.29, 1.82) is 0 Å². The Morgan fingerprint density at radius 1 is 1.00 bits per heavy atom. The first kappa shape index (κ1) is 18.1. The molecule has 0 aliphatic carbocycles. The third kappa shape index (κ3) is 2.59. The number of nitrogens with zero attached hydrogens (tertiary/aromatic N) is 1. The van der Waals surface area contributed by atoms with E-state index in [2.05, 4.69) is 4.57 Å². The van der Waals surface area contributed by atoms with E-state index in [1.807, 2.05) is 62.5 Å². The molecule has 148 valence electrons. The molecule has 2 heterocycles. The van der Waals surface area contributed by atoms with Crippen LogP contribution in [0.3, 0.4) is 0 Å². The van der Waals surface area contributed by atoms with Gasteiger partial charge in [0.05, 0.1) is 5.69 Å². The molecule has 5 heteroatoms. The zero-order valence-corrected chi connectivity index (χ0v) is 16.5. The number of carbonyl (C=O) groups is 1. The summed E-state index contributed by atoms with van der Waals surface area (Å²) in [4.78, 5) is 13.0. The fraction of sp³-hybridized carbons (Fsp3) is 0.0800. The second-order valence-corrected chi connectivity index (χ2v) is 7.43. The van der Waals surface area contributed by atoms with Gasteiger partial charge in [0.1, 0.15) is 22.8 Å². The van der Waals surface area contributed by atoms with Gasteiger partial charge in [-0.1, -0.05) is 42.5 Å². The fourth-order valence-electron chi connectivity index (χ4n) is 4.20. The Kier molecular flexibility index (Phi) is 3.93. The number of ether oxygens (including phenoxy) is 1. The van der Waals surface area contributed by atoms with Gasteiger partial charge in [-0.2, -0.15) is 0 Å². The van der Waals surface area contributed by atoms with Crippen LogP contribution in [0.15, 0.2) is 66.4 Å². The Balaban J connectivity index is 1.78. The van der Waals surface area contributed by atoms with Crippen LogP contribution in [0, 0.1) is 6.92 Å². The lowest BCUT2D eigenvalue weighted by Gasteiger charge is -2.07. The summed E-state index contributed by atoms with van der Waals surface area (Å²) in [7, 11) is 2.00. The highest BCUT2D eigenvalue weighted by Gasteiger charge is 2.32. The normalized spacial score (nSPS) is 14.3. The summed E-state index contributed by atoms with van der Waals surface area (Å²) in [6.07, 6.45) is 1.73. The van der Waals surface area contributed by atoms with Gasteiger partial charge in [0.25, 0.3) is 0 Å². The Morgan fingerprint density at radius 2 is 1.77 bits per heavy atom. The molecule has 30 heavy (non-hydrogen) atoms. The smallest absolute Gasteiger partial charge is 0.235 e. The number of carbonyl (C=O) groups excluding carboxylic acids is 1. The fourth-order valence-corrected chi connectivity index (χ4v) is 4.20. The van der Waals surface area contributed by atoms with Gasteiger partial charge in [-0.05, 0) is 30.2 Å². The maximum Gasteiger partial charge on any atom is 0.235 e. The number of allylic oxidation sites excluding steroid dienone is 1. The number of hydrogen-bond acceptors (Lipinski definition) is 4. The van der Waals surface area contributed by atoms with Gasteiger partial charge in [-0.3, -0.25) is 4.79 Å². The molecule has 1 aliphatic rings. The zero-order chi connectivity index (χ0) is 21.0. The van der Waals surface area contributed by atoms with E-state index in [4.69, 9.17) is 4.74 Å². The van der Waals surface area contributed by atoms with Crippen LogP contribution in [0.4, 0.5) is 0 Å². The van der Waals surface area contributed by atoms with Crippen LogP contribution in [0.5, 0.6) is 17.2 Å². The maximum atomic E-state index is 13.0. The summed E-state index contributed by atoms with van der Waals surface area (Å²) in [6.45, 7) is 2.04. The van der Waals surface area contributed by atoms with E-state index < -0.39 is 5.78 Å². The standard InChI is InChI=1S/C25H19NO4/c1-14-7-6-10-18-22(14)17(24(26(18)2)15-8-4-3-5-9-15)13-21-25(29)23-19(28)11-16(27)12-20(23)30-21/h3-13,27-28H,1-2H3/b21-13-. The molecule has 0 radical (unpaired) electrons. The molecule has 5 rings (SSSR count). The quantitative estimate of drug-likeness (QED) is 0.457. The monoisotopic (exact) mass is 397 g/mol. The number of Topliss-reactive ketones (excluding diaryl/α,β-unsaturated/α-hetero) is 1. The number of rotatable bonds is 2. The molecule has 0 unspecified atom stereocenters. The molecule has 0 amide bonds. The number of aromatic hydroxyl groups is 2. The summed E-state index contributed by atoms with van der Waals surface area (Å²) < 4.78 is 7.87. The third-order valence-electron chi connectivity index (χ3n) is 5.53. The van der Waals surface area contributed by atoms with Gasteiger partial charge in [-0.25, -0.2) is 0 Å². The molecular weight excluding hydrogens is 378 g/mol. The highest BCUT2D eigenvalue weighted by atomic mass is 16.5. The predicted molar refractivity (Wildman–Crippen MR) is 116 cm³/mol. The van der Waals surface area contributed by atoms with Crippen molar-refractivity contribution in [1.82, 2.24) is 4.57 Å². The van der Waals surface area contributed by atoms with Crippen molar-refractivity contribution in [2.75, 3.05) is 0 Å². The summed E-state index contributed by atoms with van der Waals surface area (Å²) in [5.74, 6) is -0.602. The van der Waals surface area contributed by atoms with E-state index in [-0.39, 0.29) is 28.6 Å². The minimum absolute atomic E-state index is 0.0669. The van der Waals surface area contributed by atoms with Crippen molar-refractivity contribution in [3.63, 3.8) is 0 Å². The SMILES string of the molecule is Cc1cccc2c1c(/C=C1\Oc3cc(O)cc(O)c3C1=O)c(-c1ccccc1)n2C. The summed E-state index contributed by atoms with van der Waals surface area (Å²) in [5, 5.41) is 20.9. The lowest BCUT2D eigenvalue weighted by Crippen LogP contribution is -1.99. The molecule has 1 aliphatic heterocycles. The number of aromatic nitrogens is 1. The van der Waals surface area contributed by atoms with Crippen molar-refractivity contribution in [3.8, 4) is 28.5 Å². The number of hydrogen-bond donors (Lipinski definition) is 2. The molecule has 0 saturated heterocycles. The lowest BCUT2D eigenvalue weighted by atomic mass is 10.0. The lowest BCUT2D eigenvalue weighted by molar-refractivity contribution is 0.101. The van der Waals surface area contributed by atoms with Crippen molar-refractivity contribution in [2.24, 2.45) is 7.05 Å². The molecular formula is C25H19NO4. The molecule has 0 bridgehead atoms. The second-order valence-electron chi connectivity index (χ2n) is 7.43. The van der Waals surface area contributed by atoms with E-state index in [0.717, 1.165) is 39.4 Å². The van der Waals surface area contributed by atoms with E-state index in [9.17, 15) is 15.0 Å². The van der Waals surface area contributed by atoms with Crippen molar-refractivity contribution < 1.29 is 19.7 Å². The summed E-state index contributed by atoms with van der Waals surface area (Å²) >= 11 is 0. The van der Waals surface area contributed by atoms with Crippen LogP contribution >= 0.6 is 0 Å². The molecule has 0 spiro atoms. The van der Waals surface area contributed by atoms with Crippen LogP contribution in [0.25, 0.3) is 28.2 Å². The Morgan fingerprint density at radius 3 is 2.53 bits per heavy atom. The molecule has 4 aromatic rings. The van der Waals surface area contributed by atoms with Gasteiger partial charge in [0.2, 0.25) is 5.78 Å². The molecule has 2 N–H and O–H groups in total. The molecule has 0 saturated carbocycles. The largest absolute Gasteiger partial charge is 0.508 e. The maximum absolute atomic E-state index is 13.0. The van der Waals surface area contributed by atoms with Gasteiger partial charge >= 0.3 is 0 Å². The first-order valence-corrected chi connectivity index (χ1v) is 9.59. The van der Waals surface area contributed by atoms with Crippen LogP contribution in [0.2, 0.25) is 0 Å². The topological polar surface area (TPSA) is 71.7 Å². The first-order valence-electron chi connectivity index (χ1n) is 9.59. The molecule has 0 atom stereocenters. The van der Waals surface area contributed by atoms with Crippen LogP contribution in [0.1, 0.15) is 21.5 Å². The number of benzene rings is 3. The first-order chi connectivity index (χ1) is 14.5. The Bertz CT molecular complexity index is 1360. The molecule has 1 aromatic heterocycles. The molecule has 5 nitrogen and oxygen atoms in total. The number of phenolic OH excluding ortho intramolecular Hbond substituents is 2. The number of aryl methyl sites for hydroxylation is 2. The van der Waals surface area contributed by atoms with Crippen molar-refractivity contribution >= 4 is 22.8 Å². The molecule has 3 aromatic carbocycles. The van der Waals surface area contributed by atoms with Crippen LogP contribution in [-0.4, -0.2) is 20.6 Å². The third-order valence-corrected chi connectivity index (χ3v) is 5.53. The van der Waals surface area contributed by atoms with E-state index >= 15 is 0 Å². The minimum Gasteiger partial charge on any atom is -0.508 e. The van der Waals surface area contributed by atoms with E-state index in [1.54, 1.807) is 6.08 Å². The van der Waals surface area contributed by atoms with Gasteiger partial charge in [-0.15, -0.1) is 0 Å². The second kappa shape index (κ2) is 6.52. The van der Waals surface area contributed by atoms with Gasteiger partial charge in [0, 0.05) is 35.6 Å².